The van der Waals surface area contributed by atoms with Gasteiger partial charge in [-0.25, -0.2) is 9.18 Å². The number of carbonyl (C=O) groups is 2. The summed E-state index contributed by atoms with van der Waals surface area (Å²) in [6.45, 7) is 1.63. The summed E-state index contributed by atoms with van der Waals surface area (Å²) in [7, 11) is 0. The molecule has 2 aliphatic heterocycles. The van der Waals surface area contributed by atoms with Crippen LogP contribution in [0.5, 0.6) is 5.75 Å². The van der Waals surface area contributed by atoms with Crippen molar-refractivity contribution in [1.29, 1.82) is 0 Å². The highest BCUT2D eigenvalue weighted by molar-refractivity contribution is 6.12. The highest BCUT2D eigenvalue weighted by Gasteiger charge is 2.55. The van der Waals surface area contributed by atoms with E-state index in [-0.39, 0.29) is 17.3 Å². The second kappa shape index (κ2) is 7.74. The molecule has 0 amide bonds. The van der Waals surface area contributed by atoms with E-state index < -0.39 is 17.0 Å². The Morgan fingerprint density at radius 1 is 1.06 bits per heavy atom. The van der Waals surface area contributed by atoms with E-state index in [2.05, 4.69) is 10.3 Å². The molecule has 0 radical (unpaired) electrons. The summed E-state index contributed by atoms with van der Waals surface area (Å²) in [5.41, 5.74) is 1.68. The van der Waals surface area contributed by atoms with E-state index >= 15 is 0 Å². The molecule has 1 N–H and O–H groups in total. The maximum atomic E-state index is 13.7. The first-order chi connectivity index (χ1) is 16.5. The first-order valence-electron chi connectivity index (χ1n) is 11.5. The molecule has 7 heteroatoms. The summed E-state index contributed by atoms with van der Waals surface area (Å²) in [6, 6.07) is 15.4. The van der Waals surface area contributed by atoms with Gasteiger partial charge >= 0.3 is 5.97 Å². The number of halogens is 1. The molecule has 6 nitrogen and oxygen atoms in total. The molecule has 1 atom stereocenters. The van der Waals surface area contributed by atoms with Gasteiger partial charge in [-0.05, 0) is 60.8 Å². The molecule has 3 aliphatic rings. The maximum Gasteiger partial charge on any atom is 0.341 e. The van der Waals surface area contributed by atoms with Gasteiger partial charge in [0, 0.05) is 24.7 Å². The van der Waals surface area contributed by atoms with Gasteiger partial charge in [0.1, 0.15) is 23.9 Å². The number of rotatable bonds is 6. The van der Waals surface area contributed by atoms with Crippen LogP contribution in [0.25, 0.3) is 0 Å². The molecule has 2 aromatic carbocycles. The molecule has 1 aromatic heterocycles. The van der Waals surface area contributed by atoms with Crippen LogP contribution in [0.2, 0.25) is 0 Å². The number of nitrogens with zero attached hydrogens (tertiary/aromatic N) is 1. The van der Waals surface area contributed by atoms with Gasteiger partial charge in [-0.3, -0.25) is 9.78 Å². The first kappa shape index (κ1) is 21.0. The smallest absolute Gasteiger partial charge is 0.341 e. The van der Waals surface area contributed by atoms with Crippen molar-refractivity contribution in [2.45, 2.75) is 36.9 Å². The van der Waals surface area contributed by atoms with Gasteiger partial charge in [0.05, 0.1) is 11.0 Å². The van der Waals surface area contributed by atoms with Crippen molar-refractivity contribution in [3.05, 3.63) is 94.6 Å². The minimum Gasteiger partial charge on any atom is -0.489 e. The van der Waals surface area contributed by atoms with Crippen LogP contribution < -0.4 is 10.1 Å². The van der Waals surface area contributed by atoms with Crippen LogP contribution in [-0.4, -0.2) is 29.8 Å². The number of nitrogens with one attached hydrogen (secondary N) is 1. The Kier molecular flexibility index (Phi) is 4.78. The number of hydrogen-bond donors (Lipinski definition) is 1. The number of Topliss-reactive ketones (excluding diaryl/α,β-unsaturated/α-hetero) is 1. The Bertz CT molecular complexity index is 1280. The average molecular weight is 458 g/mol. The van der Waals surface area contributed by atoms with Gasteiger partial charge in [-0.15, -0.1) is 0 Å². The molecule has 3 heterocycles. The van der Waals surface area contributed by atoms with Crippen LogP contribution in [0, 0.1) is 5.82 Å². The molecule has 34 heavy (non-hydrogen) atoms. The van der Waals surface area contributed by atoms with Gasteiger partial charge in [0.15, 0.2) is 11.4 Å². The van der Waals surface area contributed by atoms with Crippen LogP contribution in [-0.2, 0) is 22.4 Å². The summed E-state index contributed by atoms with van der Waals surface area (Å²) < 4.78 is 24.6. The van der Waals surface area contributed by atoms with Crippen LogP contribution in [0.4, 0.5) is 4.39 Å². The van der Waals surface area contributed by atoms with Crippen molar-refractivity contribution in [3.63, 3.8) is 0 Å². The normalized spacial score (nSPS) is 21.9. The van der Waals surface area contributed by atoms with E-state index in [9.17, 15) is 14.0 Å². The van der Waals surface area contributed by atoms with Gasteiger partial charge < -0.3 is 14.8 Å². The van der Waals surface area contributed by atoms with Crippen molar-refractivity contribution in [2.75, 3.05) is 13.1 Å². The van der Waals surface area contributed by atoms with Crippen LogP contribution in [0.3, 0.4) is 0 Å². The molecule has 1 aliphatic carbocycles. The number of pyridine rings is 1. The van der Waals surface area contributed by atoms with Gasteiger partial charge in [-0.2, -0.15) is 0 Å². The van der Waals surface area contributed by atoms with Crippen LogP contribution >= 0.6 is 0 Å². The zero-order valence-corrected chi connectivity index (χ0v) is 18.5. The third-order valence-electron chi connectivity index (χ3n) is 7.18. The lowest BCUT2D eigenvalue weighted by Gasteiger charge is -2.21. The molecular weight excluding hydrogens is 435 g/mol. The summed E-state index contributed by atoms with van der Waals surface area (Å²) in [4.78, 5) is 30.9. The van der Waals surface area contributed by atoms with Crippen molar-refractivity contribution in [1.82, 2.24) is 10.3 Å². The lowest BCUT2D eigenvalue weighted by molar-refractivity contribution is 0.00158. The standard InChI is InChI=1S/C27H23FN2O4/c28-19-5-1-17(2-6-19)15-33-20-7-3-18(4-8-20)26(10-11-26)24(31)23-22-21(9-13-30-23)27(34-25(22)32)12-14-29-16-27/h1-9,13,29H,10-12,14-16H2/t27-/m0/s1. The van der Waals surface area contributed by atoms with Crippen LogP contribution in [0.15, 0.2) is 60.8 Å². The number of ether oxygens (including phenoxy) is 2. The third-order valence-corrected chi connectivity index (χ3v) is 7.18. The zero-order chi connectivity index (χ0) is 23.3. The Labute approximate surface area is 196 Å². The van der Waals surface area contributed by atoms with Crippen molar-refractivity contribution < 1.29 is 23.5 Å². The quantitative estimate of drug-likeness (QED) is 0.443. The number of carbonyl (C=O) groups excluding carboxylic acids is 2. The molecule has 2 fully saturated rings. The van der Waals surface area contributed by atoms with E-state index in [0.717, 1.165) is 23.2 Å². The summed E-state index contributed by atoms with van der Waals surface area (Å²) in [5, 5.41) is 3.25. The number of fused-ring (bicyclic) bond motifs is 2. The second-order valence-corrected chi connectivity index (χ2v) is 9.24. The molecular formula is C27H23FN2O4. The topological polar surface area (TPSA) is 77.5 Å². The molecule has 1 spiro atoms. The van der Waals surface area contributed by atoms with E-state index in [1.807, 2.05) is 24.3 Å². The lowest BCUT2D eigenvalue weighted by atomic mass is 9.85. The first-order valence-corrected chi connectivity index (χ1v) is 11.5. The third kappa shape index (κ3) is 3.30. The summed E-state index contributed by atoms with van der Waals surface area (Å²) in [6.07, 6.45) is 3.70. The second-order valence-electron chi connectivity index (χ2n) is 9.24. The Morgan fingerprint density at radius 2 is 1.82 bits per heavy atom. The highest BCUT2D eigenvalue weighted by Crippen LogP contribution is 2.52. The Balaban J connectivity index is 1.24. The minimum absolute atomic E-state index is 0.135. The molecule has 172 valence electrons. The van der Waals surface area contributed by atoms with E-state index in [1.54, 1.807) is 24.4 Å². The number of benzene rings is 2. The molecule has 0 bridgehead atoms. The fraction of sp³-hybridized carbons (Fsp3) is 0.296. The predicted molar refractivity (Wildman–Crippen MR) is 121 cm³/mol. The molecule has 0 unspecified atom stereocenters. The van der Waals surface area contributed by atoms with Gasteiger partial charge in [-0.1, -0.05) is 24.3 Å². The number of ketones is 1. The zero-order valence-electron chi connectivity index (χ0n) is 18.5. The minimum atomic E-state index is -0.690. The van der Waals surface area contributed by atoms with Crippen molar-refractivity contribution >= 4 is 11.8 Å². The summed E-state index contributed by atoms with van der Waals surface area (Å²) >= 11 is 0. The van der Waals surface area contributed by atoms with E-state index in [1.165, 1.54) is 12.1 Å². The van der Waals surface area contributed by atoms with Gasteiger partial charge in [0.2, 0.25) is 0 Å². The van der Waals surface area contributed by atoms with E-state index in [4.69, 9.17) is 9.47 Å². The highest BCUT2D eigenvalue weighted by atomic mass is 19.1. The SMILES string of the molecule is O=C1O[C@]2(CCNC2)c2ccnc(C(=O)C3(c4ccc(OCc5ccc(F)cc5)cc4)CC3)c21. The van der Waals surface area contributed by atoms with E-state index in [0.29, 0.717) is 43.7 Å². The molecule has 3 aromatic rings. The largest absolute Gasteiger partial charge is 0.489 e. The fourth-order valence-electron chi connectivity index (χ4n) is 5.11. The maximum absolute atomic E-state index is 13.7. The number of esters is 1. The molecule has 1 saturated carbocycles. The lowest BCUT2D eigenvalue weighted by Crippen LogP contribution is -2.29. The number of aromatic nitrogens is 1. The van der Waals surface area contributed by atoms with Crippen LogP contribution in [0.1, 0.15) is 56.8 Å². The number of hydrogen-bond acceptors (Lipinski definition) is 6. The molecule has 1 saturated heterocycles. The average Bonchev–Trinajstić information content (AvgIpc) is 3.46. The Hall–Kier alpha value is -3.58. The van der Waals surface area contributed by atoms with Crippen molar-refractivity contribution in [3.8, 4) is 5.75 Å². The predicted octanol–water partition coefficient (Wildman–Crippen LogP) is 4.07. The van der Waals surface area contributed by atoms with Gasteiger partial charge in [0.25, 0.3) is 0 Å². The monoisotopic (exact) mass is 458 g/mol. The molecule has 6 rings (SSSR count). The summed E-state index contributed by atoms with van der Waals surface area (Å²) in [5.74, 6) is -0.219. The van der Waals surface area contributed by atoms with Crippen molar-refractivity contribution in [2.24, 2.45) is 0 Å². The fourth-order valence-corrected chi connectivity index (χ4v) is 5.11. The Morgan fingerprint density at radius 3 is 2.50 bits per heavy atom.